The van der Waals surface area contributed by atoms with Gasteiger partial charge in [-0.1, -0.05) is 0 Å². The van der Waals surface area contributed by atoms with Crippen LogP contribution < -0.4 is 5.73 Å². The van der Waals surface area contributed by atoms with Crippen LogP contribution in [0.2, 0.25) is 0 Å². The number of thiophene rings is 1. The molecule has 3 nitrogen and oxygen atoms in total. The molecule has 0 amide bonds. The van der Waals surface area contributed by atoms with Crippen LogP contribution in [0, 0.1) is 0 Å². The van der Waals surface area contributed by atoms with Gasteiger partial charge in [0.15, 0.2) is 0 Å². The summed E-state index contributed by atoms with van der Waals surface area (Å²) in [5, 5.41) is 3.11. The van der Waals surface area contributed by atoms with Gasteiger partial charge in [-0.25, -0.2) is 9.97 Å². The number of fused-ring (bicyclic) bond motifs is 1. The second-order valence-corrected chi connectivity index (χ2v) is 3.06. The highest BCUT2D eigenvalue weighted by Crippen LogP contribution is 2.21. The standard InChI is InChI=1S/C7H7N3S/c8-1-5-3-11-7-6(5)2-9-4-10-7/h2-4H,1,8H2. The second-order valence-electron chi connectivity index (χ2n) is 2.21. The summed E-state index contributed by atoms with van der Waals surface area (Å²) in [4.78, 5) is 9.05. The summed E-state index contributed by atoms with van der Waals surface area (Å²) >= 11 is 1.61. The predicted molar refractivity (Wildman–Crippen MR) is 45.3 cm³/mol. The van der Waals surface area contributed by atoms with Crippen molar-refractivity contribution >= 4 is 21.6 Å². The maximum absolute atomic E-state index is 5.51. The Morgan fingerprint density at radius 2 is 2.45 bits per heavy atom. The SMILES string of the molecule is NCc1csc2ncncc12. The van der Waals surface area contributed by atoms with Crippen LogP contribution in [0.3, 0.4) is 0 Å². The monoisotopic (exact) mass is 165 g/mol. The zero-order chi connectivity index (χ0) is 7.68. The molecule has 0 aromatic carbocycles. The lowest BCUT2D eigenvalue weighted by Crippen LogP contribution is -1.94. The van der Waals surface area contributed by atoms with Gasteiger partial charge in [0.25, 0.3) is 0 Å². The molecule has 0 bridgehead atoms. The van der Waals surface area contributed by atoms with E-state index >= 15 is 0 Å². The second kappa shape index (κ2) is 2.56. The van der Waals surface area contributed by atoms with Crippen molar-refractivity contribution in [2.45, 2.75) is 6.54 Å². The third-order valence-electron chi connectivity index (χ3n) is 1.55. The van der Waals surface area contributed by atoms with E-state index in [0.717, 1.165) is 15.8 Å². The van der Waals surface area contributed by atoms with Crippen molar-refractivity contribution < 1.29 is 0 Å². The van der Waals surface area contributed by atoms with Gasteiger partial charge in [-0.2, -0.15) is 0 Å². The topological polar surface area (TPSA) is 51.8 Å². The molecular weight excluding hydrogens is 158 g/mol. The van der Waals surface area contributed by atoms with Crippen molar-refractivity contribution in [3.05, 3.63) is 23.5 Å². The Balaban J connectivity index is 2.76. The van der Waals surface area contributed by atoms with Crippen molar-refractivity contribution in [1.82, 2.24) is 9.97 Å². The van der Waals surface area contributed by atoms with Gasteiger partial charge in [0.2, 0.25) is 0 Å². The molecule has 0 aliphatic rings. The molecule has 0 saturated carbocycles. The molecule has 4 heteroatoms. The van der Waals surface area contributed by atoms with Crippen LogP contribution >= 0.6 is 11.3 Å². The van der Waals surface area contributed by atoms with E-state index < -0.39 is 0 Å². The molecule has 0 aliphatic heterocycles. The Hall–Kier alpha value is -1.00. The van der Waals surface area contributed by atoms with Crippen LogP contribution in [0.25, 0.3) is 10.2 Å². The normalized spacial score (nSPS) is 10.6. The van der Waals surface area contributed by atoms with Crippen molar-refractivity contribution in [1.29, 1.82) is 0 Å². The first-order valence-corrected chi connectivity index (χ1v) is 4.16. The lowest BCUT2D eigenvalue weighted by Gasteiger charge is -1.89. The average molecular weight is 165 g/mol. The molecule has 0 radical (unpaired) electrons. The Kier molecular flexibility index (Phi) is 1.56. The van der Waals surface area contributed by atoms with Gasteiger partial charge in [-0.05, 0) is 10.9 Å². The summed E-state index contributed by atoms with van der Waals surface area (Å²) in [6.07, 6.45) is 3.36. The Labute approximate surface area is 67.9 Å². The molecule has 2 N–H and O–H groups in total. The van der Waals surface area contributed by atoms with Crippen molar-refractivity contribution in [2.24, 2.45) is 5.73 Å². The molecule has 0 atom stereocenters. The average Bonchev–Trinajstić information content (AvgIpc) is 2.47. The molecule has 0 spiro atoms. The molecule has 2 aromatic heterocycles. The van der Waals surface area contributed by atoms with Gasteiger partial charge >= 0.3 is 0 Å². The first kappa shape index (κ1) is 6.69. The van der Waals surface area contributed by atoms with Crippen LogP contribution in [0.5, 0.6) is 0 Å². The van der Waals surface area contributed by atoms with Crippen LogP contribution in [0.4, 0.5) is 0 Å². The van der Waals surface area contributed by atoms with Gasteiger partial charge in [0.1, 0.15) is 11.2 Å². The molecule has 2 rings (SSSR count). The van der Waals surface area contributed by atoms with Gasteiger partial charge in [-0.15, -0.1) is 11.3 Å². The summed E-state index contributed by atoms with van der Waals surface area (Å²) in [7, 11) is 0. The Bertz CT molecular complexity index is 368. The van der Waals surface area contributed by atoms with E-state index in [1.807, 2.05) is 5.38 Å². The number of hydrogen-bond acceptors (Lipinski definition) is 4. The summed E-state index contributed by atoms with van der Waals surface area (Å²) in [6.45, 7) is 0.563. The Morgan fingerprint density at radius 3 is 3.27 bits per heavy atom. The van der Waals surface area contributed by atoms with E-state index in [4.69, 9.17) is 5.73 Å². The van der Waals surface area contributed by atoms with Gasteiger partial charge in [0, 0.05) is 18.1 Å². The van der Waals surface area contributed by atoms with Gasteiger partial charge < -0.3 is 5.73 Å². The number of nitrogens with zero attached hydrogens (tertiary/aromatic N) is 2. The fourth-order valence-electron chi connectivity index (χ4n) is 0.981. The molecule has 0 saturated heterocycles. The zero-order valence-corrected chi connectivity index (χ0v) is 6.64. The van der Waals surface area contributed by atoms with Crippen LogP contribution in [-0.4, -0.2) is 9.97 Å². The van der Waals surface area contributed by atoms with E-state index in [-0.39, 0.29) is 0 Å². The van der Waals surface area contributed by atoms with Crippen LogP contribution in [-0.2, 0) is 6.54 Å². The number of nitrogens with two attached hydrogens (primary N) is 1. The minimum atomic E-state index is 0.563. The van der Waals surface area contributed by atoms with E-state index in [2.05, 4.69) is 9.97 Å². The third kappa shape index (κ3) is 1.00. The molecule has 56 valence electrons. The highest BCUT2D eigenvalue weighted by atomic mass is 32.1. The fraction of sp³-hybridized carbons (Fsp3) is 0.143. The van der Waals surface area contributed by atoms with E-state index in [9.17, 15) is 0 Å². The minimum Gasteiger partial charge on any atom is -0.326 e. The summed E-state index contributed by atoms with van der Waals surface area (Å²) < 4.78 is 0. The lowest BCUT2D eigenvalue weighted by molar-refractivity contribution is 1.09. The first-order valence-electron chi connectivity index (χ1n) is 3.28. The highest BCUT2D eigenvalue weighted by molar-refractivity contribution is 7.16. The molecule has 0 unspecified atom stereocenters. The number of rotatable bonds is 1. The zero-order valence-electron chi connectivity index (χ0n) is 5.82. The lowest BCUT2D eigenvalue weighted by atomic mass is 10.2. The predicted octanol–water partition coefficient (Wildman–Crippen LogP) is 1.15. The summed E-state index contributed by atoms with van der Waals surface area (Å²) in [5.41, 5.74) is 6.64. The van der Waals surface area contributed by atoms with E-state index in [0.29, 0.717) is 6.54 Å². The molecule has 2 aromatic rings. The molecule has 0 aliphatic carbocycles. The number of aromatic nitrogens is 2. The first-order chi connectivity index (χ1) is 5.42. The minimum absolute atomic E-state index is 0.563. The van der Waals surface area contributed by atoms with Crippen molar-refractivity contribution in [2.75, 3.05) is 0 Å². The molecule has 11 heavy (non-hydrogen) atoms. The largest absolute Gasteiger partial charge is 0.326 e. The molecule has 0 fully saturated rings. The van der Waals surface area contributed by atoms with Crippen molar-refractivity contribution in [3.63, 3.8) is 0 Å². The maximum atomic E-state index is 5.51. The fourth-order valence-corrected chi connectivity index (χ4v) is 1.88. The summed E-state index contributed by atoms with van der Waals surface area (Å²) in [6, 6.07) is 0. The van der Waals surface area contributed by atoms with Gasteiger partial charge in [0.05, 0.1) is 0 Å². The highest BCUT2D eigenvalue weighted by Gasteiger charge is 2.01. The molecule has 2 heterocycles. The van der Waals surface area contributed by atoms with E-state index in [1.54, 1.807) is 23.9 Å². The van der Waals surface area contributed by atoms with Crippen LogP contribution in [0.15, 0.2) is 17.9 Å². The number of hydrogen-bond donors (Lipinski definition) is 1. The van der Waals surface area contributed by atoms with Crippen molar-refractivity contribution in [3.8, 4) is 0 Å². The maximum Gasteiger partial charge on any atom is 0.126 e. The quantitative estimate of drug-likeness (QED) is 0.689. The Morgan fingerprint density at radius 1 is 1.55 bits per heavy atom. The smallest absolute Gasteiger partial charge is 0.126 e. The van der Waals surface area contributed by atoms with E-state index in [1.165, 1.54) is 0 Å². The molecular formula is C7H7N3S. The van der Waals surface area contributed by atoms with Gasteiger partial charge in [-0.3, -0.25) is 0 Å². The van der Waals surface area contributed by atoms with Crippen LogP contribution in [0.1, 0.15) is 5.56 Å². The third-order valence-corrected chi connectivity index (χ3v) is 2.51. The summed E-state index contributed by atoms with van der Waals surface area (Å²) in [5.74, 6) is 0.